The minimum atomic E-state index is -0.0495. The van der Waals surface area contributed by atoms with Gasteiger partial charge in [0.2, 0.25) is 0 Å². The van der Waals surface area contributed by atoms with E-state index in [0.29, 0.717) is 23.8 Å². The topological polar surface area (TPSA) is 64.3 Å². The lowest BCUT2D eigenvalue weighted by molar-refractivity contribution is -0.124. The zero-order chi connectivity index (χ0) is 15.3. The monoisotopic (exact) mass is 290 g/mol. The van der Waals surface area contributed by atoms with E-state index in [1.807, 2.05) is 24.3 Å². The van der Waals surface area contributed by atoms with Gasteiger partial charge in [0, 0.05) is 18.2 Å². The molecule has 0 unspecified atom stereocenters. The quantitative estimate of drug-likeness (QED) is 0.876. The van der Waals surface area contributed by atoms with Gasteiger partial charge in [-0.15, -0.1) is 0 Å². The Bertz CT molecular complexity index is 475. The van der Waals surface area contributed by atoms with Crippen LogP contribution in [0.1, 0.15) is 45.1 Å². The van der Waals surface area contributed by atoms with Crippen molar-refractivity contribution in [3.63, 3.8) is 0 Å². The maximum absolute atomic E-state index is 12.0. The van der Waals surface area contributed by atoms with Crippen LogP contribution in [0.2, 0.25) is 0 Å². The van der Waals surface area contributed by atoms with E-state index in [4.69, 9.17) is 10.5 Å². The Labute approximate surface area is 127 Å². The van der Waals surface area contributed by atoms with E-state index in [1.165, 1.54) is 0 Å². The summed E-state index contributed by atoms with van der Waals surface area (Å²) in [5, 5.41) is 3.07. The van der Waals surface area contributed by atoms with Crippen molar-refractivity contribution in [1.29, 1.82) is 0 Å². The highest BCUT2D eigenvalue weighted by Gasteiger charge is 2.27. The molecule has 21 heavy (non-hydrogen) atoms. The third-order valence-corrected chi connectivity index (χ3v) is 4.26. The van der Waals surface area contributed by atoms with Crippen LogP contribution < -0.4 is 15.8 Å². The Morgan fingerprint density at radius 3 is 2.67 bits per heavy atom. The van der Waals surface area contributed by atoms with Gasteiger partial charge < -0.3 is 15.8 Å². The van der Waals surface area contributed by atoms with Crippen LogP contribution in [0.4, 0.5) is 0 Å². The van der Waals surface area contributed by atoms with Gasteiger partial charge in [-0.25, -0.2) is 0 Å². The van der Waals surface area contributed by atoms with Gasteiger partial charge in [0.25, 0.3) is 5.91 Å². The number of carbonyl (C=O) groups excluding carboxylic acids is 1. The summed E-state index contributed by atoms with van der Waals surface area (Å²) in [4.78, 5) is 12.0. The van der Waals surface area contributed by atoms with Crippen LogP contribution in [0.25, 0.3) is 0 Å². The van der Waals surface area contributed by atoms with Crippen LogP contribution >= 0.6 is 0 Å². The van der Waals surface area contributed by atoms with E-state index in [0.717, 1.165) is 31.2 Å². The fourth-order valence-corrected chi connectivity index (χ4v) is 2.77. The molecule has 1 fully saturated rings. The lowest BCUT2D eigenvalue weighted by Gasteiger charge is -2.34. The number of ether oxygens (including phenoxy) is 1. The molecule has 0 bridgehead atoms. The zero-order valence-corrected chi connectivity index (χ0v) is 13.0. The van der Waals surface area contributed by atoms with Crippen molar-refractivity contribution >= 4 is 5.91 Å². The number of hydrogen-bond acceptors (Lipinski definition) is 3. The molecule has 1 amide bonds. The standard InChI is InChI=1S/C17H26N2O2/c1-17(2)9-7-14(8-10-17)19-16(20)12-21-15-6-4-3-5-13(15)11-18/h3-6,14H,7-12,18H2,1-2H3,(H,19,20). The summed E-state index contributed by atoms with van der Waals surface area (Å²) in [5.41, 5.74) is 6.99. The molecule has 1 aromatic carbocycles. The fraction of sp³-hybridized carbons (Fsp3) is 0.588. The third-order valence-electron chi connectivity index (χ3n) is 4.26. The molecule has 0 aliphatic heterocycles. The normalized spacial score (nSPS) is 18.2. The summed E-state index contributed by atoms with van der Waals surface area (Å²) in [6.45, 7) is 5.04. The number of rotatable bonds is 5. The second kappa shape index (κ2) is 6.94. The first-order valence-electron chi connectivity index (χ1n) is 7.70. The SMILES string of the molecule is CC1(C)CCC(NC(=O)COc2ccccc2CN)CC1. The molecule has 0 heterocycles. The summed E-state index contributed by atoms with van der Waals surface area (Å²) in [6.07, 6.45) is 4.43. The zero-order valence-electron chi connectivity index (χ0n) is 13.0. The summed E-state index contributed by atoms with van der Waals surface area (Å²) >= 11 is 0. The van der Waals surface area contributed by atoms with Crippen molar-refractivity contribution in [2.45, 2.75) is 52.1 Å². The van der Waals surface area contributed by atoms with Gasteiger partial charge in [-0.05, 0) is 37.2 Å². The molecule has 1 aliphatic carbocycles. The van der Waals surface area contributed by atoms with Crippen molar-refractivity contribution in [3.05, 3.63) is 29.8 Å². The first-order valence-corrected chi connectivity index (χ1v) is 7.70. The van der Waals surface area contributed by atoms with Gasteiger partial charge in [-0.1, -0.05) is 32.0 Å². The van der Waals surface area contributed by atoms with Crippen LogP contribution in [0, 0.1) is 5.41 Å². The van der Waals surface area contributed by atoms with Gasteiger partial charge >= 0.3 is 0 Å². The average Bonchev–Trinajstić information content (AvgIpc) is 2.47. The van der Waals surface area contributed by atoms with Gasteiger partial charge in [0.05, 0.1) is 0 Å². The maximum atomic E-state index is 12.0. The predicted octanol–water partition coefficient (Wildman–Crippen LogP) is 2.61. The molecule has 1 aliphatic rings. The lowest BCUT2D eigenvalue weighted by atomic mass is 9.75. The third kappa shape index (κ3) is 4.74. The highest BCUT2D eigenvalue weighted by molar-refractivity contribution is 5.77. The average molecular weight is 290 g/mol. The lowest BCUT2D eigenvalue weighted by Crippen LogP contribution is -2.41. The number of hydrogen-bond donors (Lipinski definition) is 2. The summed E-state index contributed by atoms with van der Waals surface area (Å²) in [7, 11) is 0. The molecule has 0 spiro atoms. The summed E-state index contributed by atoms with van der Waals surface area (Å²) in [5.74, 6) is 0.645. The van der Waals surface area contributed by atoms with E-state index in [2.05, 4.69) is 19.2 Å². The van der Waals surface area contributed by atoms with Crippen LogP contribution in [-0.2, 0) is 11.3 Å². The highest BCUT2D eigenvalue weighted by atomic mass is 16.5. The minimum absolute atomic E-state index is 0.0495. The van der Waals surface area contributed by atoms with Crippen molar-refractivity contribution in [2.75, 3.05) is 6.61 Å². The second-order valence-electron chi connectivity index (χ2n) is 6.61. The minimum Gasteiger partial charge on any atom is -0.483 e. The smallest absolute Gasteiger partial charge is 0.258 e. The second-order valence-corrected chi connectivity index (χ2v) is 6.61. The molecule has 4 nitrogen and oxygen atoms in total. The van der Waals surface area contributed by atoms with E-state index in [-0.39, 0.29) is 12.5 Å². The van der Waals surface area contributed by atoms with E-state index >= 15 is 0 Å². The highest BCUT2D eigenvalue weighted by Crippen LogP contribution is 2.34. The van der Waals surface area contributed by atoms with Gasteiger partial charge in [-0.2, -0.15) is 0 Å². The van der Waals surface area contributed by atoms with Gasteiger partial charge in [0.15, 0.2) is 6.61 Å². The molecule has 1 saturated carbocycles. The Morgan fingerprint density at radius 1 is 1.33 bits per heavy atom. The molecule has 3 N–H and O–H groups in total. The van der Waals surface area contributed by atoms with Gasteiger partial charge in [0.1, 0.15) is 5.75 Å². The van der Waals surface area contributed by atoms with Crippen LogP contribution in [-0.4, -0.2) is 18.6 Å². The molecule has 0 aromatic heterocycles. The number of para-hydroxylation sites is 1. The molecular weight excluding hydrogens is 264 g/mol. The number of nitrogens with two attached hydrogens (primary N) is 1. The number of amides is 1. The Balaban J connectivity index is 1.78. The molecular formula is C17H26N2O2. The van der Waals surface area contributed by atoms with Crippen LogP contribution in [0.3, 0.4) is 0 Å². The molecule has 116 valence electrons. The first-order chi connectivity index (χ1) is 10.00. The van der Waals surface area contributed by atoms with Crippen LogP contribution in [0.15, 0.2) is 24.3 Å². The molecule has 4 heteroatoms. The van der Waals surface area contributed by atoms with E-state index in [9.17, 15) is 4.79 Å². The van der Waals surface area contributed by atoms with Crippen LogP contribution in [0.5, 0.6) is 5.75 Å². The molecule has 2 rings (SSSR count). The largest absolute Gasteiger partial charge is 0.483 e. The Morgan fingerprint density at radius 2 is 2.00 bits per heavy atom. The molecule has 1 aromatic rings. The summed E-state index contributed by atoms with van der Waals surface area (Å²) < 4.78 is 5.58. The molecule has 0 saturated heterocycles. The Hall–Kier alpha value is -1.55. The van der Waals surface area contributed by atoms with Gasteiger partial charge in [-0.3, -0.25) is 4.79 Å². The number of nitrogens with one attached hydrogen (secondary N) is 1. The Kier molecular flexibility index (Phi) is 5.23. The first kappa shape index (κ1) is 15.8. The van der Waals surface area contributed by atoms with Crippen molar-refractivity contribution in [2.24, 2.45) is 11.1 Å². The number of benzene rings is 1. The summed E-state index contributed by atoms with van der Waals surface area (Å²) in [6, 6.07) is 7.85. The van der Waals surface area contributed by atoms with Crippen molar-refractivity contribution in [3.8, 4) is 5.75 Å². The fourth-order valence-electron chi connectivity index (χ4n) is 2.77. The van der Waals surface area contributed by atoms with Crippen molar-refractivity contribution < 1.29 is 9.53 Å². The van der Waals surface area contributed by atoms with Crippen molar-refractivity contribution in [1.82, 2.24) is 5.32 Å². The molecule has 0 atom stereocenters. The van der Waals surface area contributed by atoms with E-state index in [1.54, 1.807) is 0 Å². The molecule has 0 radical (unpaired) electrons. The van der Waals surface area contributed by atoms with E-state index < -0.39 is 0 Å². The maximum Gasteiger partial charge on any atom is 0.258 e. The number of carbonyl (C=O) groups is 1. The predicted molar refractivity (Wildman–Crippen MR) is 84.0 cm³/mol.